The molecule has 0 aliphatic carbocycles. The van der Waals surface area contributed by atoms with Crippen LogP contribution in [0.25, 0.3) is 0 Å². The summed E-state index contributed by atoms with van der Waals surface area (Å²) in [6, 6.07) is 2.47. The molecular formula is C10H13F2N3O. The SMILES string of the molecule is NC(=O)C(N)CNCc1ccc(F)cc1F. The second-order valence-electron chi connectivity index (χ2n) is 3.38. The van der Waals surface area contributed by atoms with Crippen molar-refractivity contribution in [2.24, 2.45) is 11.5 Å². The van der Waals surface area contributed by atoms with Crippen molar-refractivity contribution in [3.8, 4) is 0 Å². The van der Waals surface area contributed by atoms with Crippen LogP contribution >= 0.6 is 0 Å². The van der Waals surface area contributed by atoms with E-state index in [1.54, 1.807) is 0 Å². The second kappa shape index (κ2) is 5.53. The van der Waals surface area contributed by atoms with Gasteiger partial charge in [0.2, 0.25) is 5.91 Å². The molecule has 1 amide bonds. The Morgan fingerprint density at radius 1 is 1.44 bits per heavy atom. The summed E-state index contributed by atoms with van der Waals surface area (Å²) in [5, 5.41) is 2.75. The van der Waals surface area contributed by atoms with Crippen LogP contribution < -0.4 is 16.8 Å². The molecule has 1 rings (SSSR count). The maximum atomic E-state index is 13.1. The van der Waals surface area contributed by atoms with Crippen molar-refractivity contribution in [2.45, 2.75) is 12.6 Å². The zero-order chi connectivity index (χ0) is 12.1. The van der Waals surface area contributed by atoms with Gasteiger partial charge in [0.05, 0.1) is 6.04 Å². The van der Waals surface area contributed by atoms with E-state index in [9.17, 15) is 13.6 Å². The first kappa shape index (κ1) is 12.5. The average molecular weight is 229 g/mol. The van der Waals surface area contributed by atoms with Crippen LogP contribution in [-0.2, 0) is 11.3 Å². The molecule has 0 aromatic heterocycles. The minimum absolute atomic E-state index is 0.145. The highest BCUT2D eigenvalue weighted by molar-refractivity contribution is 5.79. The fourth-order valence-electron chi connectivity index (χ4n) is 1.13. The van der Waals surface area contributed by atoms with Crippen LogP contribution in [0.15, 0.2) is 18.2 Å². The topological polar surface area (TPSA) is 81.1 Å². The van der Waals surface area contributed by atoms with Gasteiger partial charge >= 0.3 is 0 Å². The van der Waals surface area contributed by atoms with E-state index in [1.807, 2.05) is 0 Å². The first-order valence-electron chi connectivity index (χ1n) is 4.70. The van der Waals surface area contributed by atoms with E-state index in [4.69, 9.17) is 11.5 Å². The van der Waals surface area contributed by atoms with E-state index in [-0.39, 0.29) is 13.1 Å². The molecule has 1 atom stereocenters. The first-order valence-corrected chi connectivity index (χ1v) is 4.70. The molecule has 16 heavy (non-hydrogen) atoms. The van der Waals surface area contributed by atoms with Gasteiger partial charge in [0, 0.05) is 24.7 Å². The summed E-state index contributed by atoms with van der Waals surface area (Å²) in [6.45, 7) is 0.305. The van der Waals surface area contributed by atoms with Crippen molar-refractivity contribution in [2.75, 3.05) is 6.54 Å². The molecule has 1 unspecified atom stereocenters. The molecule has 4 nitrogen and oxygen atoms in total. The maximum Gasteiger partial charge on any atom is 0.235 e. The number of primary amides is 1. The molecule has 0 radical (unpaired) electrons. The van der Waals surface area contributed by atoms with Gasteiger partial charge in [0.25, 0.3) is 0 Å². The van der Waals surface area contributed by atoms with Crippen LogP contribution in [0.2, 0.25) is 0 Å². The fraction of sp³-hybridized carbons (Fsp3) is 0.300. The molecule has 0 heterocycles. The quantitative estimate of drug-likeness (QED) is 0.657. The molecule has 0 aliphatic rings. The molecule has 0 saturated heterocycles. The highest BCUT2D eigenvalue weighted by atomic mass is 19.1. The van der Waals surface area contributed by atoms with Gasteiger partial charge in [-0.3, -0.25) is 4.79 Å². The van der Waals surface area contributed by atoms with E-state index >= 15 is 0 Å². The molecule has 0 bridgehead atoms. The first-order chi connectivity index (χ1) is 7.50. The summed E-state index contributed by atoms with van der Waals surface area (Å²) < 4.78 is 25.7. The maximum absolute atomic E-state index is 13.1. The lowest BCUT2D eigenvalue weighted by molar-refractivity contribution is -0.119. The number of carbonyl (C=O) groups excluding carboxylic acids is 1. The largest absolute Gasteiger partial charge is 0.368 e. The number of hydrogen-bond donors (Lipinski definition) is 3. The van der Waals surface area contributed by atoms with Gasteiger partial charge in [-0.05, 0) is 6.07 Å². The van der Waals surface area contributed by atoms with Crippen LogP contribution in [0, 0.1) is 11.6 Å². The molecule has 0 spiro atoms. The van der Waals surface area contributed by atoms with Gasteiger partial charge in [-0.15, -0.1) is 0 Å². The fourth-order valence-corrected chi connectivity index (χ4v) is 1.13. The molecule has 0 saturated carbocycles. The highest BCUT2D eigenvalue weighted by Crippen LogP contribution is 2.08. The van der Waals surface area contributed by atoms with Gasteiger partial charge in [0.1, 0.15) is 11.6 Å². The number of hydrogen-bond acceptors (Lipinski definition) is 3. The van der Waals surface area contributed by atoms with Gasteiger partial charge in [-0.2, -0.15) is 0 Å². The van der Waals surface area contributed by atoms with Crippen molar-refractivity contribution < 1.29 is 13.6 Å². The van der Waals surface area contributed by atoms with E-state index < -0.39 is 23.6 Å². The molecule has 5 N–H and O–H groups in total. The Hall–Kier alpha value is -1.53. The number of carbonyl (C=O) groups is 1. The monoisotopic (exact) mass is 229 g/mol. The molecule has 1 aromatic rings. The Bertz CT molecular complexity index is 384. The summed E-state index contributed by atoms with van der Waals surface area (Å²) in [5.74, 6) is -1.90. The Balaban J connectivity index is 2.46. The number of nitrogens with one attached hydrogen (secondary N) is 1. The van der Waals surface area contributed by atoms with Gasteiger partial charge in [-0.25, -0.2) is 8.78 Å². The van der Waals surface area contributed by atoms with Gasteiger partial charge in [0.15, 0.2) is 0 Å². The molecule has 88 valence electrons. The predicted octanol–water partition coefficient (Wildman–Crippen LogP) is -0.133. The van der Waals surface area contributed by atoms with Crippen LogP contribution in [0.5, 0.6) is 0 Å². The van der Waals surface area contributed by atoms with Gasteiger partial charge < -0.3 is 16.8 Å². The Labute approximate surface area is 91.6 Å². The predicted molar refractivity (Wildman–Crippen MR) is 55.2 cm³/mol. The number of amides is 1. The molecule has 6 heteroatoms. The van der Waals surface area contributed by atoms with Crippen molar-refractivity contribution >= 4 is 5.91 Å². The van der Waals surface area contributed by atoms with Crippen molar-refractivity contribution in [1.82, 2.24) is 5.32 Å². The van der Waals surface area contributed by atoms with Crippen LogP contribution in [0.1, 0.15) is 5.56 Å². The molecule has 1 aromatic carbocycles. The Kier molecular flexibility index (Phi) is 4.33. The number of halogens is 2. The normalized spacial score (nSPS) is 12.4. The number of benzene rings is 1. The summed E-state index contributed by atoms with van der Waals surface area (Å²) in [5.41, 5.74) is 10.6. The average Bonchev–Trinajstić information content (AvgIpc) is 2.20. The molecule has 0 fully saturated rings. The zero-order valence-corrected chi connectivity index (χ0v) is 8.54. The molecular weight excluding hydrogens is 216 g/mol. The summed E-state index contributed by atoms with van der Waals surface area (Å²) in [7, 11) is 0. The highest BCUT2D eigenvalue weighted by Gasteiger charge is 2.09. The molecule has 0 aliphatic heterocycles. The number of rotatable bonds is 5. The van der Waals surface area contributed by atoms with Crippen LogP contribution in [0.3, 0.4) is 0 Å². The number of nitrogens with two attached hydrogens (primary N) is 2. The second-order valence-corrected chi connectivity index (χ2v) is 3.38. The lowest BCUT2D eigenvalue weighted by atomic mass is 10.2. The minimum Gasteiger partial charge on any atom is -0.368 e. The zero-order valence-electron chi connectivity index (χ0n) is 8.54. The van der Waals surface area contributed by atoms with Crippen LogP contribution in [-0.4, -0.2) is 18.5 Å². The van der Waals surface area contributed by atoms with Crippen molar-refractivity contribution in [3.63, 3.8) is 0 Å². The Morgan fingerprint density at radius 3 is 2.69 bits per heavy atom. The lowest BCUT2D eigenvalue weighted by Crippen LogP contribution is -2.44. The van der Waals surface area contributed by atoms with Crippen LogP contribution in [0.4, 0.5) is 8.78 Å². The van der Waals surface area contributed by atoms with E-state index in [1.165, 1.54) is 6.07 Å². The third-order valence-electron chi connectivity index (χ3n) is 2.06. The third kappa shape index (κ3) is 3.56. The standard InChI is InChI=1S/C10H13F2N3O/c11-7-2-1-6(8(12)3-7)4-15-5-9(13)10(14)16/h1-3,9,15H,4-5,13H2,(H2,14,16). The Morgan fingerprint density at radius 2 is 2.12 bits per heavy atom. The summed E-state index contributed by atoms with van der Waals surface area (Å²) in [4.78, 5) is 10.6. The third-order valence-corrected chi connectivity index (χ3v) is 2.06. The summed E-state index contributed by atoms with van der Waals surface area (Å²) in [6.07, 6.45) is 0. The van der Waals surface area contributed by atoms with Crippen molar-refractivity contribution in [3.05, 3.63) is 35.4 Å². The lowest BCUT2D eigenvalue weighted by Gasteiger charge is -2.09. The van der Waals surface area contributed by atoms with Crippen molar-refractivity contribution in [1.29, 1.82) is 0 Å². The van der Waals surface area contributed by atoms with Gasteiger partial charge in [-0.1, -0.05) is 6.07 Å². The summed E-state index contributed by atoms with van der Waals surface area (Å²) >= 11 is 0. The smallest absolute Gasteiger partial charge is 0.235 e. The van der Waals surface area contributed by atoms with E-state index in [2.05, 4.69) is 5.32 Å². The minimum atomic E-state index is -0.816. The van der Waals surface area contributed by atoms with E-state index in [0.717, 1.165) is 12.1 Å². The van der Waals surface area contributed by atoms with E-state index in [0.29, 0.717) is 5.56 Å².